The van der Waals surface area contributed by atoms with Gasteiger partial charge in [-0.15, -0.1) is 0 Å². The molecule has 0 amide bonds. The second kappa shape index (κ2) is 8.57. The molecule has 0 radical (unpaired) electrons. The number of oxazole rings is 1. The Kier molecular flexibility index (Phi) is 5.32. The first-order chi connectivity index (χ1) is 15.7. The normalized spacial score (nSPS) is 11.9. The van der Waals surface area contributed by atoms with Gasteiger partial charge in [0.15, 0.2) is 17.3 Å². The molecule has 0 atom stereocenters. The molecular formula is C23H16ClN3O5. The minimum Gasteiger partial charge on any atom is -0.486 e. The predicted molar refractivity (Wildman–Crippen MR) is 115 cm³/mol. The van der Waals surface area contributed by atoms with Crippen LogP contribution in [0.2, 0.25) is 5.02 Å². The summed E-state index contributed by atoms with van der Waals surface area (Å²) in [5.41, 5.74) is 1.08. The third-order valence-electron chi connectivity index (χ3n) is 4.69. The van der Waals surface area contributed by atoms with E-state index in [0.717, 1.165) is 5.56 Å². The van der Waals surface area contributed by atoms with E-state index in [2.05, 4.69) is 10.3 Å². The molecule has 3 heterocycles. The minimum atomic E-state index is 0.135. The van der Waals surface area contributed by atoms with Gasteiger partial charge in [-0.25, -0.2) is 0 Å². The van der Waals surface area contributed by atoms with Crippen molar-refractivity contribution in [3.8, 4) is 35.0 Å². The van der Waals surface area contributed by atoms with Crippen LogP contribution in [0.1, 0.15) is 17.0 Å². The summed E-state index contributed by atoms with van der Waals surface area (Å²) >= 11 is 5.88. The zero-order valence-electron chi connectivity index (χ0n) is 16.6. The van der Waals surface area contributed by atoms with Crippen LogP contribution in [0.25, 0.3) is 11.7 Å². The number of rotatable bonds is 7. The van der Waals surface area contributed by atoms with Crippen LogP contribution in [0.4, 0.5) is 5.88 Å². The smallest absolute Gasteiger partial charge is 0.266 e. The Bertz CT molecular complexity index is 1290. The number of nitriles is 1. The van der Waals surface area contributed by atoms with Gasteiger partial charge in [0.05, 0.1) is 0 Å². The lowest BCUT2D eigenvalue weighted by atomic mass is 10.2. The SMILES string of the molecule is N#Cc1nc(-c2ccc(COc3ccc(Cl)cc3)o2)oc1NCc1ccc2c(c1)OCO2. The molecule has 0 aliphatic carbocycles. The fourth-order valence-electron chi connectivity index (χ4n) is 3.11. The Morgan fingerprint density at radius 2 is 1.88 bits per heavy atom. The first kappa shape index (κ1) is 19.8. The van der Waals surface area contributed by atoms with E-state index in [-0.39, 0.29) is 30.9 Å². The van der Waals surface area contributed by atoms with Crippen molar-refractivity contribution in [2.75, 3.05) is 12.1 Å². The van der Waals surface area contributed by atoms with Gasteiger partial charge >= 0.3 is 0 Å². The Hall–Kier alpha value is -4.09. The largest absolute Gasteiger partial charge is 0.486 e. The summed E-state index contributed by atoms with van der Waals surface area (Å²) in [5.74, 6) is 3.51. The molecule has 9 heteroatoms. The number of fused-ring (bicyclic) bond motifs is 1. The van der Waals surface area contributed by atoms with Crippen LogP contribution in [0.3, 0.4) is 0 Å². The van der Waals surface area contributed by atoms with Gasteiger partial charge in [-0.1, -0.05) is 17.7 Å². The van der Waals surface area contributed by atoms with Crippen molar-refractivity contribution in [3.63, 3.8) is 0 Å². The molecule has 8 nitrogen and oxygen atoms in total. The fraction of sp³-hybridized carbons (Fsp3) is 0.130. The van der Waals surface area contributed by atoms with Gasteiger partial charge in [-0.05, 0) is 54.1 Å². The van der Waals surface area contributed by atoms with E-state index in [0.29, 0.717) is 40.3 Å². The molecule has 0 fully saturated rings. The molecule has 1 aliphatic rings. The summed E-state index contributed by atoms with van der Waals surface area (Å²) in [6.45, 7) is 0.854. The van der Waals surface area contributed by atoms with Gasteiger partial charge in [0, 0.05) is 11.6 Å². The number of hydrogen-bond acceptors (Lipinski definition) is 8. The Labute approximate surface area is 187 Å². The molecule has 0 unspecified atom stereocenters. The summed E-state index contributed by atoms with van der Waals surface area (Å²) < 4.78 is 27.9. The standard InChI is InChI=1S/C23H16ClN3O5/c24-15-2-4-16(5-3-15)28-12-17-6-8-20(31-17)23-27-18(10-25)22(32-23)26-11-14-1-7-19-21(9-14)30-13-29-19/h1-9,26H,11-13H2. The number of ether oxygens (including phenoxy) is 3. The van der Waals surface area contributed by atoms with Crippen molar-refractivity contribution >= 4 is 17.5 Å². The molecule has 5 rings (SSSR count). The van der Waals surface area contributed by atoms with E-state index in [1.165, 1.54) is 0 Å². The van der Waals surface area contributed by atoms with Crippen molar-refractivity contribution in [2.45, 2.75) is 13.2 Å². The lowest BCUT2D eigenvalue weighted by Crippen LogP contribution is -1.99. The van der Waals surface area contributed by atoms with E-state index in [1.54, 1.807) is 36.4 Å². The van der Waals surface area contributed by atoms with Crippen molar-refractivity contribution in [3.05, 3.63) is 76.6 Å². The second-order valence-corrected chi connectivity index (χ2v) is 7.29. The quantitative estimate of drug-likeness (QED) is 0.401. The molecular weight excluding hydrogens is 434 g/mol. The molecule has 2 aromatic carbocycles. The van der Waals surface area contributed by atoms with Crippen molar-refractivity contribution in [1.82, 2.24) is 4.98 Å². The Morgan fingerprint density at radius 1 is 1.03 bits per heavy atom. The van der Waals surface area contributed by atoms with Crippen molar-refractivity contribution in [2.24, 2.45) is 0 Å². The Morgan fingerprint density at radius 3 is 2.72 bits per heavy atom. The van der Waals surface area contributed by atoms with Crippen molar-refractivity contribution in [1.29, 1.82) is 5.26 Å². The van der Waals surface area contributed by atoms with E-state index >= 15 is 0 Å². The molecule has 0 saturated heterocycles. The average Bonchev–Trinajstić information content (AvgIpc) is 3.56. The zero-order chi connectivity index (χ0) is 21.9. The predicted octanol–water partition coefficient (Wildman–Crippen LogP) is 5.38. The molecule has 0 bridgehead atoms. The number of hydrogen-bond donors (Lipinski definition) is 1. The summed E-state index contributed by atoms with van der Waals surface area (Å²) in [7, 11) is 0. The molecule has 32 heavy (non-hydrogen) atoms. The lowest BCUT2D eigenvalue weighted by molar-refractivity contribution is 0.174. The number of anilines is 1. The second-order valence-electron chi connectivity index (χ2n) is 6.86. The van der Waals surface area contributed by atoms with E-state index in [9.17, 15) is 5.26 Å². The van der Waals surface area contributed by atoms with Gasteiger partial charge < -0.3 is 28.4 Å². The summed E-state index contributed by atoms with van der Waals surface area (Å²) in [4.78, 5) is 4.23. The maximum atomic E-state index is 9.43. The number of nitrogens with zero attached hydrogens (tertiary/aromatic N) is 2. The minimum absolute atomic E-state index is 0.135. The van der Waals surface area contributed by atoms with Crippen LogP contribution >= 0.6 is 11.6 Å². The van der Waals surface area contributed by atoms with Crippen molar-refractivity contribution < 1.29 is 23.0 Å². The maximum absolute atomic E-state index is 9.43. The molecule has 0 saturated carbocycles. The number of benzene rings is 2. The number of furan rings is 1. The lowest BCUT2D eigenvalue weighted by Gasteiger charge is -2.04. The van der Waals surface area contributed by atoms with Gasteiger partial charge in [0.1, 0.15) is 24.2 Å². The summed E-state index contributed by atoms with van der Waals surface area (Å²) in [6.07, 6.45) is 0. The number of halogens is 1. The van der Waals surface area contributed by atoms with Gasteiger partial charge in [0.25, 0.3) is 5.89 Å². The zero-order valence-corrected chi connectivity index (χ0v) is 17.4. The van der Waals surface area contributed by atoms with E-state index in [4.69, 9.17) is 34.6 Å². The highest BCUT2D eigenvalue weighted by atomic mass is 35.5. The monoisotopic (exact) mass is 449 g/mol. The molecule has 1 aliphatic heterocycles. The van der Waals surface area contributed by atoms with Crippen LogP contribution in [0, 0.1) is 11.3 Å². The highest BCUT2D eigenvalue weighted by Crippen LogP contribution is 2.33. The molecule has 0 spiro atoms. The van der Waals surface area contributed by atoms with Crippen LogP contribution in [0.5, 0.6) is 17.2 Å². The van der Waals surface area contributed by atoms with Gasteiger partial charge in [-0.2, -0.15) is 10.2 Å². The van der Waals surface area contributed by atoms with Crippen LogP contribution in [-0.2, 0) is 13.2 Å². The summed E-state index contributed by atoms with van der Waals surface area (Å²) in [6, 6.07) is 18.2. The first-order valence-corrected chi connectivity index (χ1v) is 10.1. The fourth-order valence-corrected chi connectivity index (χ4v) is 3.24. The first-order valence-electron chi connectivity index (χ1n) is 9.69. The topological polar surface area (TPSA) is 103 Å². The van der Waals surface area contributed by atoms with Crippen LogP contribution in [0.15, 0.2) is 63.4 Å². The third kappa shape index (κ3) is 4.19. The van der Waals surface area contributed by atoms with Gasteiger partial charge in [0.2, 0.25) is 18.4 Å². The van der Waals surface area contributed by atoms with Crippen LogP contribution in [-0.4, -0.2) is 11.8 Å². The number of aromatic nitrogens is 1. The molecule has 160 valence electrons. The average molecular weight is 450 g/mol. The highest BCUT2D eigenvalue weighted by Gasteiger charge is 2.18. The number of nitrogens with one attached hydrogen (secondary N) is 1. The maximum Gasteiger partial charge on any atom is 0.266 e. The van der Waals surface area contributed by atoms with Gasteiger partial charge in [-0.3, -0.25) is 0 Å². The third-order valence-corrected chi connectivity index (χ3v) is 4.94. The Balaban J connectivity index is 1.26. The highest BCUT2D eigenvalue weighted by molar-refractivity contribution is 6.30. The molecule has 4 aromatic rings. The molecule has 1 N–H and O–H groups in total. The van der Waals surface area contributed by atoms with E-state index in [1.807, 2.05) is 24.3 Å². The summed E-state index contributed by atoms with van der Waals surface area (Å²) in [5, 5.41) is 13.2. The van der Waals surface area contributed by atoms with Crippen LogP contribution < -0.4 is 19.5 Å². The molecule has 2 aromatic heterocycles. The van der Waals surface area contributed by atoms with E-state index < -0.39 is 0 Å².